The number of piperidine rings is 1. The number of hydrogen-bond donors (Lipinski definition) is 0. The van der Waals surface area contributed by atoms with E-state index in [1.54, 1.807) is 15.9 Å². The fourth-order valence-corrected chi connectivity index (χ4v) is 3.73. The molecule has 0 bridgehead atoms. The second-order valence-electron chi connectivity index (χ2n) is 5.73. The molecular formula is C15H19FN2O2S. The molecule has 3 heterocycles. The van der Waals surface area contributed by atoms with Crippen LogP contribution in [0.5, 0.6) is 0 Å². The minimum atomic E-state index is -1.78. The second-order valence-corrected chi connectivity index (χ2v) is 6.68. The van der Waals surface area contributed by atoms with Gasteiger partial charge in [0.05, 0.1) is 4.88 Å². The highest BCUT2D eigenvalue weighted by atomic mass is 32.1. The van der Waals surface area contributed by atoms with Crippen LogP contribution in [0.3, 0.4) is 0 Å². The molecule has 2 saturated heterocycles. The van der Waals surface area contributed by atoms with E-state index in [4.69, 9.17) is 0 Å². The summed E-state index contributed by atoms with van der Waals surface area (Å²) < 4.78 is 14.9. The van der Waals surface area contributed by atoms with Crippen molar-refractivity contribution >= 4 is 23.2 Å². The number of amides is 2. The molecule has 0 saturated carbocycles. The van der Waals surface area contributed by atoms with Gasteiger partial charge in [0.25, 0.3) is 11.8 Å². The zero-order chi connectivity index (χ0) is 14.9. The summed E-state index contributed by atoms with van der Waals surface area (Å²) in [6.45, 7) is 1.96. The van der Waals surface area contributed by atoms with Gasteiger partial charge in [-0.1, -0.05) is 6.07 Å². The molecule has 0 N–H and O–H groups in total. The largest absolute Gasteiger partial charge is 0.340 e. The van der Waals surface area contributed by atoms with Gasteiger partial charge in [0.1, 0.15) is 0 Å². The summed E-state index contributed by atoms with van der Waals surface area (Å²) >= 11 is 1.39. The quantitative estimate of drug-likeness (QED) is 0.841. The smallest absolute Gasteiger partial charge is 0.263 e. The van der Waals surface area contributed by atoms with E-state index in [1.807, 2.05) is 11.4 Å². The van der Waals surface area contributed by atoms with Crippen molar-refractivity contribution in [2.24, 2.45) is 0 Å². The SMILES string of the molecule is O=C(c1cccs1)N1CCC(F)(C(=O)N2CCCC2)CC1. The van der Waals surface area contributed by atoms with Crippen LogP contribution in [0.4, 0.5) is 4.39 Å². The van der Waals surface area contributed by atoms with E-state index in [9.17, 15) is 14.0 Å². The van der Waals surface area contributed by atoms with Gasteiger partial charge in [0, 0.05) is 39.0 Å². The molecule has 2 aliphatic rings. The van der Waals surface area contributed by atoms with Crippen LogP contribution >= 0.6 is 11.3 Å². The van der Waals surface area contributed by atoms with Crippen molar-refractivity contribution in [1.29, 1.82) is 0 Å². The molecule has 0 atom stereocenters. The van der Waals surface area contributed by atoms with Crippen LogP contribution in [0.2, 0.25) is 0 Å². The van der Waals surface area contributed by atoms with Crippen LogP contribution in [0, 0.1) is 0 Å². The topological polar surface area (TPSA) is 40.6 Å². The van der Waals surface area contributed by atoms with Gasteiger partial charge in [-0.2, -0.15) is 0 Å². The highest BCUT2D eigenvalue weighted by Gasteiger charge is 2.45. The van der Waals surface area contributed by atoms with E-state index >= 15 is 0 Å². The first kappa shape index (κ1) is 14.5. The van der Waals surface area contributed by atoms with E-state index in [0.717, 1.165) is 12.8 Å². The molecule has 3 rings (SSSR count). The summed E-state index contributed by atoms with van der Waals surface area (Å²) in [6.07, 6.45) is 2.15. The molecule has 0 unspecified atom stereocenters. The molecule has 1 aromatic rings. The van der Waals surface area contributed by atoms with E-state index < -0.39 is 5.67 Å². The van der Waals surface area contributed by atoms with Gasteiger partial charge in [-0.25, -0.2) is 4.39 Å². The minimum Gasteiger partial charge on any atom is -0.340 e. The van der Waals surface area contributed by atoms with Gasteiger partial charge in [-0.15, -0.1) is 11.3 Å². The maximum Gasteiger partial charge on any atom is 0.263 e. The first-order valence-corrected chi connectivity index (χ1v) is 8.29. The Hall–Kier alpha value is -1.43. The third-order valence-electron chi connectivity index (χ3n) is 4.35. The monoisotopic (exact) mass is 310 g/mol. The van der Waals surface area contributed by atoms with Gasteiger partial charge in [-0.3, -0.25) is 9.59 Å². The van der Waals surface area contributed by atoms with Crippen LogP contribution in [0.25, 0.3) is 0 Å². The molecule has 6 heteroatoms. The molecule has 2 aliphatic heterocycles. The average Bonchev–Trinajstić information content (AvgIpc) is 3.19. The molecule has 0 aliphatic carbocycles. The zero-order valence-electron chi connectivity index (χ0n) is 11.9. The van der Waals surface area contributed by atoms with Crippen LogP contribution in [-0.4, -0.2) is 53.5 Å². The van der Waals surface area contributed by atoms with E-state index in [0.29, 0.717) is 31.1 Å². The van der Waals surface area contributed by atoms with Crippen molar-refractivity contribution in [3.05, 3.63) is 22.4 Å². The summed E-state index contributed by atoms with van der Waals surface area (Å²) in [5.74, 6) is -0.427. The lowest BCUT2D eigenvalue weighted by atomic mass is 9.91. The van der Waals surface area contributed by atoms with Gasteiger partial charge >= 0.3 is 0 Å². The van der Waals surface area contributed by atoms with Crippen LogP contribution < -0.4 is 0 Å². The first-order valence-electron chi connectivity index (χ1n) is 7.41. The Bertz CT molecular complexity index is 518. The Morgan fingerprint density at radius 3 is 2.33 bits per heavy atom. The predicted molar refractivity (Wildman–Crippen MR) is 79.1 cm³/mol. The summed E-state index contributed by atoms with van der Waals surface area (Å²) in [5.41, 5.74) is -1.78. The number of hydrogen-bond acceptors (Lipinski definition) is 3. The number of thiophene rings is 1. The van der Waals surface area contributed by atoms with Crippen LogP contribution in [0.1, 0.15) is 35.4 Å². The maximum absolute atomic E-state index is 14.9. The first-order chi connectivity index (χ1) is 10.1. The molecule has 2 fully saturated rings. The van der Waals surface area contributed by atoms with Crippen molar-refractivity contribution in [2.45, 2.75) is 31.4 Å². The molecule has 1 aromatic heterocycles. The van der Waals surface area contributed by atoms with Gasteiger partial charge in [0.15, 0.2) is 5.67 Å². The fraction of sp³-hybridized carbons (Fsp3) is 0.600. The maximum atomic E-state index is 14.9. The van der Waals surface area contributed by atoms with Crippen molar-refractivity contribution in [3.63, 3.8) is 0 Å². The Kier molecular flexibility index (Phi) is 3.97. The molecule has 21 heavy (non-hydrogen) atoms. The molecule has 0 spiro atoms. The molecule has 0 aromatic carbocycles. The van der Waals surface area contributed by atoms with Gasteiger partial charge < -0.3 is 9.80 Å². The molecule has 114 valence electrons. The van der Waals surface area contributed by atoms with E-state index in [2.05, 4.69) is 0 Å². The molecule has 0 radical (unpaired) electrons. The van der Waals surface area contributed by atoms with Crippen molar-refractivity contribution < 1.29 is 14.0 Å². The van der Waals surface area contributed by atoms with E-state index in [1.165, 1.54) is 11.3 Å². The van der Waals surface area contributed by atoms with Crippen molar-refractivity contribution in [2.75, 3.05) is 26.2 Å². The average molecular weight is 310 g/mol. The Balaban J connectivity index is 1.61. The number of alkyl halides is 1. The number of rotatable bonds is 2. The summed E-state index contributed by atoms with van der Waals surface area (Å²) in [4.78, 5) is 28.5. The second kappa shape index (κ2) is 5.75. The van der Waals surface area contributed by atoms with Crippen molar-refractivity contribution in [1.82, 2.24) is 9.80 Å². The summed E-state index contributed by atoms with van der Waals surface area (Å²) in [5, 5.41) is 1.85. The Morgan fingerprint density at radius 2 is 1.76 bits per heavy atom. The van der Waals surface area contributed by atoms with Crippen LogP contribution in [0.15, 0.2) is 17.5 Å². The van der Waals surface area contributed by atoms with E-state index in [-0.39, 0.29) is 24.7 Å². The highest BCUT2D eigenvalue weighted by molar-refractivity contribution is 7.12. The lowest BCUT2D eigenvalue weighted by Crippen LogP contribution is -2.52. The molecular weight excluding hydrogens is 291 g/mol. The number of halogens is 1. The Morgan fingerprint density at radius 1 is 1.10 bits per heavy atom. The normalized spacial score (nSPS) is 21.6. The van der Waals surface area contributed by atoms with Crippen LogP contribution in [-0.2, 0) is 4.79 Å². The zero-order valence-corrected chi connectivity index (χ0v) is 12.7. The summed E-state index contributed by atoms with van der Waals surface area (Å²) in [7, 11) is 0. The lowest BCUT2D eigenvalue weighted by molar-refractivity contribution is -0.145. The minimum absolute atomic E-state index is 0.0549. The predicted octanol–water partition coefficient (Wildman–Crippen LogP) is 2.31. The number of likely N-dealkylation sites (tertiary alicyclic amines) is 2. The molecule has 2 amide bonds. The fourth-order valence-electron chi connectivity index (χ4n) is 3.04. The number of nitrogens with zero attached hydrogens (tertiary/aromatic N) is 2. The number of carbonyl (C=O) groups is 2. The lowest BCUT2D eigenvalue weighted by Gasteiger charge is -2.37. The van der Waals surface area contributed by atoms with Crippen molar-refractivity contribution in [3.8, 4) is 0 Å². The van der Waals surface area contributed by atoms with Gasteiger partial charge in [0.2, 0.25) is 0 Å². The standard InChI is InChI=1S/C15H19FN2O2S/c16-15(14(20)18-7-1-2-8-18)5-9-17(10-6-15)13(19)12-4-3-11-21-12/h3-4,11H,1-2,5-10H2. The number of carbonyl (C=O) groups excluding carboxylic acids is 2. The third kappa shape index (κ3) is 2.81. The summed E-state index contributed by atoms with van der Waals surface area (Å²) in [6, 6.07) is 3.61. The third-order valence-corrected chi connectivity index (χ3v) is 5.21. The highest BCUT2D eigenvalue weighted by Crippen LogP contribution is 2.31. The molecule has 4 nitrogen and oxygen atoms in total. The Labute approximate surface area is 127 Å². The van der Waals surface area contributed by atoms with Gasteiger partial charge in [-0.05, 0) is 24.3 Å².